The van der Waals surface area contributed by atoms with E-state index in [1.807, 2.05) is 0 Å². The minimum Gasteiger partial charge on any atom is -0.306 e. The molecule has 1 aromatic heterocycles. The summed E-state index contributed by atoms with van der Waals surface area (Å²) in [5.74, 6) is 0.612. The molecule has 0 bridgehead atoms. The Balaban J connectivity index is 2.60. The summed E-state index contributed by atoms with van der Waals surface area (Å²) < 4.78 is 0. The van der Waals surface area contributed by atoms with E-state index < -0.39 is 0 Å². The second kappa shape index (κ2) is 7.19. The highest BCUT2D eigenvalue weighted by atomic mass is 32.1. The highest BCUT2D eigenvalue weighted by Gasteiger charge is 2.16. The van der Waals surface area contributed by atoms with Gasteiger partial charge in [0.05, 0.1) is 6.54 Å². The summed E-state index contributed by atoms with van der Waals surface area (Å²) in [7, 11) is 0. The molecule has 0 unspecified atom stereocenters. The molecule has 0 aliphatic rings. The normalized spacial score (nSPS) is 12.3. The van der Waals surface area contributed by atoms with E-state index in [0.717, 1.165) is 11.6 Å². The van der Waals surface area contributed by atoms with Gasteiger partial charge in [-0.3, -0.25) is 0 Å². The Morgan fingerprint density at radius 2 is 1.72 bits per heavy atom. The van der Waals surface area contributed by atoms with E-state index in [0.29, 0.717) is 5.92 Å². The lowest BCUT2D eigenvalue weighted by Crippen LogP contribution is -2.35. The number of aromatic nitrogens is 2. The molecule has 0 aromatic carbocycles. The van der Waals surface area contributed by atoms with Crippen molar-refractivity contribution in [3.8, 4) is 0 Å². The molecule has 0 fully saturated rings. The molecular weight excluding hydrogens is 242 g/mol. The lowest BCUT2D eigenvalue weighted by Gasteiger charge is -2.19. The third-order valence-electron chi connectivity index (χ3n) is 2.88. The third-order valence-corrected chi connectivity index (χ3v) is 3.96. The SMILES string of the molecule is CCCC(CCC)c1nnc(CNC(C)(C)C)s1. The van der Waals surface area contributed by atoms with Gasteiger partial charge < -0.3 is 5.32 Å². The monoisotopic (exact) mass is 269 g/mol. The van der Waals surface area contributed by atoms with Crippen LogP contribution in [0.15, 0.2) is 0 Å². The predicted molar refractivity (Wildman–Crippen MR) is 79.1 cm³/mol. The Labute approximate surface area is 115 Å². The number of rotatable bonds is 7. The zero-order valence-electron chi connectivity index (χ0n) is 12.4. The first-order valence-corrected chi connectivity index (χ1v) is 7.85. The number of nitrogens with zero attached hydrogens (tertiary/aromatic N) is 2. The third kappa shape index (κ3) is 5.44. The Morgan fingerprint density at radius 1 is 1.11 bits per heavy atom. The summed E-state index contributed by atoms with van der Waals surface area (Å²) in [5.41, 5.74) is 0.137. The summed E-state index contributed by atoms with van der Waals surface area (Å²) in [4.78, 5) is 0. The molecule has 0 saturated heterocycles. The standard InChI is InChI=1S/C14H27N3S/c1-6-8-11(9-7-2)13-17-16-12(18-13)10-15-14(3,4)5/h11,15H,6-10H2,1-5H3. The molecule has 104 valence electrons. The van der Waals surface area contributed by atoms with Crippen LogP contribution in [-0.2, 0) is 6.54 Å². The Morgan fingerprint density at radius 3 is 2.22 bits per heavy atom. The van der Waals surface area contributed by atoms with Gasteiger partial charge >= 0.3 is 0 Å². The second-order valence-electron chi connectivity index (χ2n) is 5.91. The van der Waals surface area contributed by atoms with E-state index >= 15 is 0 Å². The van der Waals surface area contributed by atoms with Gasteiger partial charge in [-0.2, -0.15) is 0 Å². The van der Waals surface area contributed by atoms with Gasteiger partial charge in [-0.15, -0.1) is 10.2 Å². The Hall–Kier alpha value is -0.480. The van der Waals surface area contributed by atoms with Crippen LogP contribution in [0.5, 0.6) is 0 Å². The van der Waals surface area contributed by atoms with Crippen molar-refractivity contribution in [2.24, 2.45) is 0 Å². The lowest BCUT2D eigenvalue weighted by atomic mass is 9.99. The molecule has 1 heterocycles. The molecule has 4 heteroatoms. The topological polar surface area (TPSA) is 37.8 Å². The summed E-state index contributed by atoms with van der Waals surface area (Å²) in [6.45, 7) is 11.8. The van der Waals surface area contributed by atoms with Gasteiger partial charge in [-0.05, 0) is 33.6 Å². The van der Waals surface area contributed by atoms with Crippen molar-refractivity contribution < 1.29 is 0 Å². The summed E-state index contributed by atoms with van der Waals surface area (Å²) in [6, 6.07) is 0. The minimum absolute atomic E-state index is 0.137. The maximum absolute atomic E-state index is 4.38. The molecular formula is C14H27N3S. The van der Waals surface area contributed by atoms with Crippen LogP contribution in [0.4, 0.5) is 0 Å². The molecule has 0 aliphatic heterocycles. The summed E-state index contributed by atoms with van der Waals surface area (Å²) in [5, 5.41) is 14.5. The quantitative estimate of drug-likeness (QED) is 0.809. The maximum Gasteiger partial charge on any atom is 0.131 e. The molecule has 1 rings (SSSR count). The van der Waals surface area contributed by atoms with Crippen LogP contribution < -0.4 is 5.32 Å². The molecule has 3 nitrogen and oxygen atoms in total. The van der Waals surface area contributed by atoms with E-state index in [2.05, 4.69) is 50.1 Å². The molecule has 18 heavy (non-hydrogen) atoms. The van der Waals surface area contributed by atoms with E-state index in [4.69, 9.17) is 0 Å². The van der Waals surface area contributed by atoms with Gasteiger partial charge in [0.25, 0.3) is 0 Å². The Bertz CT molecular complexity index is 335. The summed E-state index contributed by atoms with van der Waals surface area (Å²) in [6.07, 6.45) is 4.91. The fourth-order valence-corrected chi connectivity index (χ4v) is 2.88. The van der Waals surface area contributed by atoms with Crippen LogP contribution in [0.2, 0.25) is 0 Å². The Kier molecular flexibility index (Phi) is 6.22. The molecule has 0 saturated carbocycles. The average Bonchev–Trinajstić information content (AvgIpc) is 2.74. The van der Waals surface area contributed by atoms with E-state index in [1.165, 1.54) is 30.7 Å². The number of hydrogen-bond donors (Lipinski definition) is 1. The zero-order chi connectivity index (χ0) is 13.6. The fourth-order valence-electron chi connectivity index (χ4n) is 1.93. The maximum atomic E-state index is 4.38. The molecule has 0 spiro atoms. The highest BCUT2D eigenvalue weighted by Crippen LogP contribution is 2.28. The van der Waals surface area contributed by atoms with Crippen LogP contribution >= 0.6 is 11.3 Å². The van der Waals surface area contributed by atoms with Gasteiger partial charge in [-0.25, -0.2) is 0 Å². The van der Waals surface area contributed by atoms with Crippen molar-refractivity contribution in [3.63, 3.8) is 0 Å². The van der Waals surface area contributed by atoms with E-state index in [9.17, 15) is 0 Å². The van der Waals surface area contributed by atoms with E-state index in [-0.39, 0.29) is 5.54 Å². The van der Waals surface area contributed by atoms with Crippen molar-refractivity contribution in [1.82, 2.24) is 15.5 Å². The molecule has 0 amide bonds. The molecule has 1 N–H and O–H groups in total. The van der Waals surface area contributed by atoms with Crippen molar-refractivity contribution in [1.29, 1.82) is 0 Å². The van der Waals surface area contributed by atoms with Crippen molar-refractivity contribution in [3.05, 3.63) is 10.0 Å². The average molecular weight is 269 g/mol. The van der Waals surface area contributed by atoms with Crippen LogP contribution in [0.3, 0.4) is 0 Å². The fraction of sp³-hybridized carbons (Fsp3) is 0.857. The minimum atomic E-state index is 0.137. The van der Waals surface area contributed by atoms with Gasteiger partial charge in [0.2, 0.25) is 0 Å². The molecule has 1 aromatic rings. The largest absolute Gasteiger partial charge is 0.306 e. The molecule has 0 atom stereocenters. The summed E-state index contributed by atoms with van der Waals surface area (Å²) >= 11 is 1.78. The zero-order valence-corrected chi connectivity index (χ0v) is 13.2. The van der Waals surface area contributed by atoms with Crippen molar-refractivity contribution in [2.75, 3.05) is 0 Å². The van der Waals surface area contributed by atoms with Crippen molar-refractivity contribution in [2.45, 2.75) is 78.3 Å². The van der Waals surface area contributed by atoms with Gasteiger partial charge in [0.15, 0.2) is 0 Å². The van der Waals surface area contributed by atoms with Gasteiger partial charge in [0, 0.05) is 11.5 Å². The first-order valence-electron chi connectivity index (χ1n) is 7.03. The first kappa shape index (κ1) is 15.6. The van der Waals surface area contributed by atoms with E-state index in [1.54, 1.807) is 11.3 Å². The first-order chi connectivity index (χ1) is 8.46. The second-order valence-corrected chi connectivity index (χ2v) is 7.01. The predicted octanol–water partition coefficient (Wildman–Crippen LogP) is 4.11. The van der Waals surface area contributed by atoms with Crippen LogP contribution in [0.1, 0.15) is 76.2 Å². The smallest absolute Gasteiger partial charge is 0.131 e. The van der Waals surface area contributed by atoms with Crippen molar-refractivity contribution >= 4 is 11.3 Å². The number of hydrogen-bond acceptors (Lipinski definition) is 4. The highest BCUT2D eigenvalue weighted by molar-refractivity contribution is 7.11. The van der Waals surface area contributed by atoms with Gasteiger partial charge in [0.1, 0.15) is 10.0 Å². The van der Waals surface area contributed by atoms with Crippen LogP contribution in [0.25, 0.3) is 0 Å². The van der Waals surface area contributed by atoms with Crippen LogP contribution in [0, 0.1) is 0 Å². The van der Waals surface area contributed by atoms with Crippen LogP contribution in [-0.4, -0.2) is 15.7 Å². The molecule has 0 radical (unpaired) electrons. The molecule has 0 aliphatic carbocycles. The van der Waals surface area contributed by atoms with Gasteiger partial charge in [-0.1, -0.05) is 38.0 Å². The number of nitrogens with one attached hydrogen (secondary N) is 1. The lowest BCUT2D eigenvalue weighted by molar-refractivity contribution is 0.423.